The predicted octanol–water partition coefficient (Wildman–Crippen LogP) is 4.39. The molecule has 0 aliphatic heterocycles. The van der Waals surface area contributed by atoms with E-state index in [0.29, 0.717) is 18.1 Å². The molecule has 3 rings (SSSR count). The fraction of sp³-hybridized carbons (Fsp3) is 0.167. The van der Waals surface area contributed by atoms with Gasteiger partial charge in [-0.15, -0.1) is 0 Å². The van der Waals surface area contributed by atoms with Crippen LogP contribution in [-0.4, -0.2) is 30.4 Å². The zero-order chi connectivity index (χ0) is 20.5. The zero-order valence-corrected chi connectivity index (χ0v) is 16.2. The lowest BCUT2D eigenvalue weighted by atomic mass is 10.0. The van der Waals surface area contributed by atoms with Crippen LogP contribution in [0.4, 0.5) is 0 Å². The molecular weight excluding hydrogens is 366 g/mol. The topological polar surface area (TPSA) is 68.1 Å². The van der Waals surface area contributed by atoms with Gasteiger partial charge < -0.3 is 14.6 Å². The number of ether oxygens (including phenoxy) is 2. The molecule has 0 bridgehead atoms. The fourth-order valence-corrected chi connectivity index (χ4v) is 2.90. The van der Waals surface area contributed by atoms with Gasteiger partial charge in [-0.3, -0.25) is 4.99 Å². The lowest BCUT2D eigenvalue weighted by Gasteiger charge is -2.16. The summed E-state index contributed by atoms with van der Waals surface area (Å²) in [4.78, 5) is 16.1. The first-order chi connectivity index (χ1) is 14.2. The van der Waals surface area contributed by atoms with Crippen molar-refractivity contribution < 1.29 is 19.4 Å². The van der Waals surface area contributed by atoms with Gasteiger partial charge in [0.05, 0.1) is 7.11 Å². The highest BCUT2D eigenvalue weighted by atomic mass is 16.5. The van der Waals surface area contributed by atoms with Gasteiger partial charge in [0.25, 0.3) is 0 Å². The van der Waals surface area contributed by atoms with Crippen molar-refractivity contribution in [3.05, 3.63) is 95.6 Å². The summed E-state index contributed by atoms with van der Waals surface area (Å²) in [7, 11) is 1.57. The van der Waals surface area contributed by atoms with E-state index in [1.807, 2.05) is 72.8 Å². The second-order valence-electron chi connectivity index (χ2n) is 6.47. The van der Waals surface area contributed by atoms with Crippen LogP contribution in [0.2, 0.25) is 0 Å². The number of para-hydroxylation sites is 1. The van der Waals surface area contributed by atoms with E-state index in [0.717, 1.165) is 16.7 Å². The maximum absolute atomic E-state index is 11.8. The summed E-state index contributed by atoms with van der Waals surface area (Å²) in [5.41, 5.74) is 2.60. The number of carbonyl (C=O) groups is 1. The lowest BCUT2D eigenvalue weighted by molar-refractivity contribution is -0.138. The summed E-state index contributed by atoms with van der Waals surface area (Å²) in [5.74, 6) is 0.114. The molecule has 5 heteroatoms. The summed E-state index contributed by atoms with van der Waals surface area (Å²) in [6.45, 7) is 0.360. The highest BCUT2D eigenvalue weighted by molar-refractivity contribution is 5.83. The lowest BCUT2D eigenvalue weighted by Crippen LogP contribution is -2.21. The van der Waals surface area contributed by atoms with Crippen molar-refractivity contribution in [3.63, 3.8) is 0 Å². The Morgan fingerprint density at radius 2 is 1.69 bits per heavy atom. The largest absolute Gasteiger partial charge is 0.493 e. The van der Waals surface area contributed by atoms with Gasteiger partial charge in [-0.1, -0.05) is 72.8 Å². The first-order valence-corrected chi connectivity index (χ1v) is 9.31. The summed E-state index contributed by atoms with van der Waals surface area (Å²) in [6.07, 6.45) is 1.78. The molecule has 0 aromatic heterocycles. The number of aliphatic carboxylic acids is 1. The van der Waals surface area contributed by atoms with Crippen LogP contribution in [-0.2, 0) is 17.8 Å². The number of benzene rings is 3. The van der Waals surface area contributed by atoms with Gasteiger partial charge in [-0.05, 0) is 17.2 Å². The smallest absolute Gasteiger partial charge is 0.328 e. The molecule has 0 radical (unpaired) electrons. The molecule has 0 aliphatic carbocycles. The van der Waals surface area contributed by atoms with Crippen LogP contribution in [0.25, 0.3) is 0 Å². The van der Waals surface area contributed by atoms with E-state index in [-0.39, 0.29) is 6.42 Å². The molecule has 0 heterocycles. The normalized spacial score (nSPS) is 11.9. The first-order valence-electron chi connectivity index (χ1n) is 9.31. The van der Waals surface area contributed by atoms with Gasteiger partial charge in [0.2, 0.25) is 0 Å². The number of methoxy groups -OCH3 is 1. The molecule has 0 spiro atoms. The van der Waals surface area contributed by atoms with Crippen LogP contribution >= 0.6 is 0 Å². The number of hydrogen-bond donors (Lipinski definition) is 1. The SMILES string of the molecule is COc1cccc(CC(/N=C/c2ccccc2)C(=O)O)c1OCc1ccccc1. The van der Waals surface area contributed by atoms with Gasteiger partial charge in [0.15, 0.2) is 17.5 Å². The molecule has 0 amide bonds. The fourth-order valence-electron chi connectivity index (χ4n) is 2.90. The minimum atomic E-state index is -0.992. The van der Waals surface area contributed by atoms with Crippen LogP contribution in [0, 0.1) is 0 Å². The molecule has 29 heavy (non-hydrogen) atoms. The van der Waals surface area contributed by atoms with Crippen LogP contribution in [0.3, 0.4) is 0 Å². The van der Waals surface area contributed by atoms with Crippen LogP contribution in [0.1, 0.15) is 16.7 Å². The molecule has 1 unspecified atom stereocenters. The first kappa shape index (κ1) is 20.1. The Balaban J connectivity index is 1.82. The highest BCUT2D eigenvalue weighted by Gasteiger charge is 2.20. The van der Waals surface area contributed by atoms with Crippen molar-refractivity contribution in [1.29, 1.82) is 0 Å². The van der Waals surface area contributed by atoms with Gasteiger partial charge in [-0.2, -0.15) is 0 Å². The van der Waals surface area contributed by atoms with Crippen LogP contribution in [0.15, 0.2) is 83.9 Å². The van der Waals surface area contributed by atoms with E-state index in [1.54, 1.807) is 19.4 Å². The molecule has 1 N–H and O–H groups in total. The zero-order valence-electron chi connectivity index (χ0n) is 16.2. The molecule has 0 aliphatic rings. The number of nitrogens with zero attached hydrogens (tertiary/aromatic N) is 1. The van der Waals surface area contributed by atoms with E-state index in [1.165, 1.54) is 0 Å². The van der Waals surface area contributed by atoms with E-state index in [4.69, 9.17) is 9.47 Å². The minimum Gasteiger partial charge on any atom is -0.493 e. The number of aliphatic imine (C=N–C) groups is 1. The van der Waals surface area contributed by atoms with Crippen LogP contribution < -0.4 is 9.47 Å². The Kier molecular flexibility index (Phi) is 7.00. The quantitative estimate of drug-likeness (QED) is 0.551. The Bertz CT molecular complexity index is 955. The highest BCUT2D eigenvalue weighted by Crippen LogP contribution is 2.33. The molecule has 0 fully saturated rings. The van der Waals surface area contributed by atoms with Crippen molar-refractivity contribution in [1.82, 2.24) is 0 Å². The van der Waals surface area contributed by atoms with Crippen molar-refractivity contribution in [2.75, 3.05) is 7.11 Å². The Hall–Kier alpha value is -3.60. The number of carboxylic acid groups (broad SMARTS) is 1. The summed E-state index contributed by atoms with van der Waals surface area (Å²) < 4.78 is 11.5. The molecule has 1 atom stereocenters. The molecule has 3 aromatic rings. The van der Waals surface area contributed by atoms with Gasteiger partial charge in [-0.25, -0.2) is 4.79 Å². The van der Waals surface area contributed by atoms with E-state index >= 15 is 0 Å². The monoisotopic (exact) mass is 389 g/mol. The summed E-state index contributed by atoms with van der Waals surface area (Å²) in [5, 5.41) is 9.65. The second kappa shape index (κ2) is 10.1. The van der Waals surface area contributed by atoms with Gasteiger partial charge in [0.1, 0.15) is 6.61 Å². The van der Waals surface area contributed by atoms with Crippen molar-refractivity contribution >= 4 is 12.2 Å². The average molecular weight is 389 g/mol. The summed E-state index contributed by atoms with van der Waals surface area (Å²) >= 11 is 0. The Labute approximate surface area is 170 Å². The molecule has 148 valence electrons. The average Bonchev–Trinajstić information content (AvgIpc) is 2.76. The van der Waals surface area contributed by atoms with Gasteiger partial charge >= 0.3 is 5.97 Å². The van der Waals surface area contributed by atoms with Crippen molar-refractivity contribution in [2.24, 2.45) is 4.99 Å². The maximum Gasteiger partial charge on any atom is 0.328 e. The molecule has 5 nitrogen and oxygen atoms in total. The van der Waals surface area contributed by atoms with Crippen molar-refractivity contribution in [3.8, 4) is 11.5 Å². The Morgan fingerprint density at radius 3 is 2.34 bits per heavy atom. The number of carboxylic acids is 1. The van der Waals surface area contributed by atoms with Gasteiger partial charge in [0, 0.05) is 18.2 Å². The maximum atomic E-state index is 11.8. The standard InChI is InChI=1S/C24H23NO4/c1-28-22-14-8-13-20(23(22)29-17-19-11-6-3-7-12-19)15-21(24(26)27)25-16-18-9-4-2-5-10-18/h2-14,16,21H,15,17H2,1H3,(H,26,27)/b25-16+. The Morgan fingerprint density at radius 1 is 1.00 bits per heavy atom. The van der Waals surface area contributed by atoms with E-state index in [9.17, 15) is 9.90 Å². The minimum absolute atomic E-state index is 0.194. The third-order valence-electron chi connectivity index (χ3n) is 4.41. The predicted molar refractivity (Wildman–Crippen MR) is 113 cm³/mol. The number of rotatable bonds is 9. The van der Waals surface area contributed by atoms with E-state index < -0.39 is 12.0 Å². The number of hydrogen-bond acceptors (Lipinski definition) is 4. The molecule has 3 aromatic carbocycles. The third kappa shape index (κ3) is 5.69. The third-order valence-corrected chi connectivity index (χ3v) is 4.41. The second-order valence-corrected chi connectivity index (χ2v) is 6.47. The van der Waals surface area contributed by atoms with Crippen LogP contribution in [0.5, 0.6) is 11.5 Å². The van der Waals surface area contributed by atoms with Crippen molar-refractivity contribution in [2.45, 2.75) is 19.1 Å². The van der Waals surface area contributed by atoms with E-state index in [2.05, 4.69) is 4.99 Å². The molecular formula is C24H23NO4. The molecule has 0 saturated heterocycles. The summed E-state index contributed by atoms with van der Waals surface area (Å²) in [6, 6.07) is 23.7. The molecule has 0 saturated carbocycles.